The van der Waals surface area contributed by atoms with Gasteiger partial charge < -0.3 is 10.4 Å². The van der Waals surface area contributed by atoms with Crippen LogP contribution in [0.3, 0.4) is 0 Å². The molecule has 21 heavy (non-hydrogen) atoms. The molecule has 0 spiro atoms. The van der Waals surface area contributed by atoms with Gasteiger partial charge in [-0.05, 0) is 52.2 Å². The van der Waals surface area contributed by atoms with Gasteiger partial charge >= 0.3 is 5.97 Å². The second-order valence-corrected chi connectivity index (χ2v) is 5.52. The summed E-state index contributed by atoms with van der Waals surface area (Å²) in [5, 5.41) is 11.9. The molecule has 0 radical (unpaired) electrons. The Bertz CT molecular complexity index is 698. The molecule has 0 bridgehead atoms. The van der Waals surface area contributed by atoms with E-state index in [-0.39, 0.29) is 17.9 Å². The first kappa shape index (κ1) is 15.3. The van der Waals surface area contributed by atoms with E-state index in [1.807, 2.05) is 19.1 Å². The van der Waals surface area contributed by atoms with Gasteiger partial charge in [-0.2, -0.15) is 0 Å². The van der Waals surface area contributed by atoms with Crippen molar-refractivity contribution in [2.24, 2.45) is 0 Å². The summed E-state index contributed by atoms with van der Waals surface area (Å²) in [5.74, 6) is -1.29. The van der Waals surface area contributed by atoms with E-state index in [9.17, 15) is 9.59 Å². The van der Waals surface area contributed by atoms with Crippen LogP contribution in [0.5, 0.6) is 0 Å². The number of aromatic carboxylic acids is 1. The molecular weight excluding hydrogens is 334 g/mol. The highest BCUT2D eigenvalue weighted by Crippen LogP contribution is 2.23. The van der Waals surface area contributed by atoms with Crippen LogP contribution in [-0.4, -0.2) is 17.0 Å². The summed E-state index contributed by atoms with van der Waals surface area (Å²) < 4.78 is 0.794. The predicted molar refractivity (Wildman–Crippen MR) is 84.6 cm³/mol. The Morgan fingerprint density at radius 3 is 2.57 bits per heavy atom. The van der Waals surface area contributed by atoms with Gasteiger partial charge in [-0.1, -0.05) is 24.3 Å². The Hall–Kier alpha value is -2.14. The lowest BCUT2D eigenvalue weighted by molar-refractivity contribution is -0.115. The van der Waals surface area contributed by atoms with Crippen molar-refractivity contribution < 1.29 is 14.7 Å². The summed E-state index contributed by atoms with van der Waals surface area (Å²) in [5.41, 5.74) is 2.39. The molecule has 0 heterocycles. The number of carboxylic acid groups (broad SMARTS) is 1. The third-order valence-corrected chi connectivity index (χ3v) is 3.65. The quantitative estimate of drug-likeness (QED) is 0.887. The van der Waals surface area contributed by atoms with Crippen LogP contribution in [-0.2, 0) is 11.2 Å². The zero-order chi connectivity index (χ0) is 15.4. The smallest absolute Gasteiger partial charge is 0.335 e. The van der Waals surface area contributed by atoms with Gasteiger partial charge in [0, 0.05) is 4.47 Å². The van der Waals surface area contributed by atoms with Crippen LogP contribution < -0.4 is 5.32 Å². The molecule has 0 aliphatic carbocycles. The Labute approximate surface area is 130 Å². The first-order valence-corrected chi connectivity index (χ1v) is 7.14. The molecule has 0 atom stereocenters. The van der Waals surface area contributed by atoms with Crippen molar-refractivity contribution in [2.45, 2.75) is 13.3 Å². The number of carbonyl (C=O) groups excluding carboxylic acids is 1. The lowest BCUT2D eigenvalue weighted by atomic mass is 10.0. The van der Waals surface area contributed by atoms with Crippen molar-refractivity contribution >= 4 is 33.5 Å². The number of amides is 1. The molecular formula is C16H14BrNO3. The van der Waals surface area contributed by atoms with Crippen molar-refractivity contribution in [3.63, 3.8) is 0 Å². The second-order valence-electron chi connectivity index (χ2n) is 4.67. The number of hydrogen-bond acceptors (Lipinski definition) is 2. The van der Waals surface area contributed by atoms with E-state index in [0.717, 1.165) is 10.0 Å². The standard InChI is InChI=1S/C16H14BrNO3/c1-10-6-7-14(13(17)8-10)18-15(19)9-11-4-2-3-5-12(11)16(20)21/h2-8H,9H2,1H3,(H,18,19)(H,20,21). The van der Waals surface area contributed by atoms with E-state index < -0.39 is 5.97 Å². The highest BCUT2D eigenvalue weighted by Gasteiger charge is 2.13. The zero-order valence-electron chi connectivity index (χ0n) is 11.4. The van der Waals surface area contributed by atoms with Crippen LogP contribution in [0.1, 0.15) is 21.5 Å². The largest absolute Gasteiger partial charge is 0.478 e. The lowest BCUT2D eigenvalue weighted by Gasteiger charge is -2.09. The average Bonchev–Trinajstić information content (AvgIpc) is 2.42. The van der Waals surface area contributed by atoms with Gasteiger partial charge in [0.1, 0.15) is 0 Å². The van der Waals surface area contributed by atoms with Crippen molar-refractivity contribution in [1.82, 2.24) is 0 Å². The van der Waals surface area contributed by atoms with Crippen molar-refractivity contribution in [2.75, 3.05) is 5.32 Å². The van der Waals surface area contributed by atoms with Crippen LogP contribution in [0.25, 0.3) is 0 Å². The van der Waals surface area contributed by atoms with Gasteiger partial charge in [0.05, 0.1) is 17.7 Å². The number of hydrogen-bond donors (Lipinski definition) is 2. The van der Waals surface area contributed by atoms with Gasteiger partial charge in [-0.25, -0.2) is 4.79 Å². The number of benzene rings is 2. The number of anilines is 1. The minimum atomic E-state index is -1.03. The summed E-state index contributed by atoms with van der Waals surface area (Å²) in [6, 6.07) is 12.1. The van der Waals surface area contributed by atoms with E-state index in [2.05, 4.69) is 21.2 Å². The Kier molecular flexibility index (Phi) is 4.75. The predicted octanol–water partition coefficient (Wildman–Crippen LogP) is 3.64. The maximum Gasteiger partial charge on any atom is 0.335 e. The second kappa shape index (κ2) is 6.54. The minimum Gasteiger partial charge on any atom is -0.478 e. The molecule has 2 aromatic carbocycles. The molecule has 0 saturated heterocycles. The maximum absolute atomic E-state index is 12.1. The molecule has 2 N–H and O–H groups in total. The molecule has 0 fully saturated rings. The zero-order valence-corrected chi connectivity index (χ0v) is 13.0. The molecule has 108 valence electrons. The molecule has 5 heteroatoms. The SMILES string of the molecule is Cc1ccc(NC(=O)Cc2ccccc2C(=O)O)c(Br)c1. The summed E-state index contributed by atoms with van der Waals surface area (Å²) in [4.78, 5) is 23.2. The first-order valence-electron chi connectivity index (χ1n) is 6.34. The normalized spacial score (nSPS) is 10.2. The fraction of sp³-hybridized carbons (Fsp3) is 0.125. The number of halogens is 1. The van der Waals surface area contributed by atoms with E-state index in [0.29, 0.717) is 11.3 Å². The van der Waals surface area contributed by atoms with E-state index >= 15 is 0 Å². The summed E-state index contributed by atoms with van der Waals surface area (Å²) in [6.07, 6.45) is 0.0167. The van der Waals surface area contributed by atoms with Crippen LogP contribution in [0.15, 0.2) is 46.9 Å². The summed E-state index contributed by atoms with van der Waals surface area (Å²) in [6.45, 7) is 1.96. The van der Waals surface area contributed by atoms with E-state index in [1.54, 1.807) is 24.3 Å². The summed E-state index contributed by atoms with van der Waals surface area (Å²) >= 11 is 3.39. The Morgan fingerprint density at radius 2 is 1.90 bits per heavy atom. The van der Waals surface area contributed by atoms with Crippen LogP contribution in [0.4, 0.5) is 5.69 Å². The lowest BCUT2D eigenvalue weighted by Crippen LogP contribution is -2.16. The molecule has 0 unspecified atom stereocenters. The van der Waals surface area contributed by atoms with E-state index in [4.69, 9.17) is 5.11 Å². The first-order chi connectivity index (χ1) is 9.97. The molecule has 2 rings (SSSR count). The monoisotopic (exact) mass is 347 g/mol. The van der Waals surface area contributed by atoms with Gasteiger partial charge in [-0.15, -0.1) is 0 Å². The number of nitrogens with one attached hydrogen (secondary N) is 1. The third-order valence-electron chi connectivity index (χ3n) is 3.00. The molecule has 2 aromatic rings. The minimum absolute atomic E-state index is 0.0167. The molecule has 1 amide bonds. The number of aryl methyl sites for hydroxylation is 1. The fourth-order valence-electron chi connectivity index (χ4n) is 1.97. The van der Waals surface area contributed by atoms with Crippen molar-refractivity contribution in [3.05, 3.63) is 63.6 Å². The van der Waals surface area contributed by atoms with Crippen molar-refractivity contribution in [1.29, 1.82) is 0 Å². The highest BCUT2D eigenvalue weighted by molar-refractivity contribution is 9.10. The number of rotatable bonds is 4. The van der Waals surface area contributed by atoms with Crippen LogP contribution >= 0.6 is 15.9 Å². The number of carboxylic acids is 1. The topological polar surface area (TPSA) is 66.4 Å². The average molecular weight is 348 g/mol. The molecule has 0 aliphatic heterocycles. The van der Waals surface area contributed by atoms with Crippen molar-refractivity contribution in [3.8, 4) is 0 Å². The number of carbonyl (C=O) groups is 2. The van der Waals surface area contributed by atoms with Gasteiger partial charge in [-0.3, -0.25) is 4.79 Å². The van der Waals surface area contributed by atoms with Gasteiger partial charge in [0.15, 0.2) is 0 Å². The molecule has 0 aromatic heterocycles. The maximum atomic E-state index is 12.1. The Balaban J connectivity index is 2.14. The van der Waals surface area contributed by atoms with E-state index in [1.165, 1.54) is 6.07 Å². The highest BCUT2D eigenvalue weighted by atomic mass is 79.9. The van der Waals surface area contributed by atoms with Crippen LogP contribution in [0, 0.1) is 6.92 Å². The Morgan fingerprint density at radius 1 is 1.19 bits per heavy atom. The molecule has 0 aliphatic rings. The van der Waals surface area contributed by atoms with Gasteiger partial charge in [0.25, 0.3) is 0 Å². The molecule has 0 saturated carbocycles. The summed E-state index contributed by atoms with van der Waals surface area (Å²) in [7, 11) is 0. The fourth-order valence-corrected chi connectivity index (χ4v) is 2.56. The van der Waals surface area contributed by atoms with Crippen LogP contribution in [0.2, 0.25) is 0 Å². The third kappa shape index (κ3) is 3.92. The molecule has 4 nitrogen and oxygen atoms in total. The van der Waals surface area contributed by atoms with Gasteiger partial charge in [0.2, 0.25) is 5.91 Å².